The molecule has 5 heteroatoms. The van der Waals surface area contributed by atoms with E-state index < -0.39 is 0 Å². The molecule has 2 aromatic rings. The van der Waals surface area contributed by atoms with Crippen molar-refractivity contribution in [2.24, 2.45) is 0 Å². The van der Waals surface area contributed by atoms with Gasteiger partial charge in [-0.15, -0.1) is 0 Å². The zero-order valence-electron chi connectivity index (χ0n) is 11.2. The molecule has 0 aliphatic carbocycles. The highest BCUT2D eigenvalue weighted by Gasteiger charge is 2.12. The van der Waals surface area contributed by atoms with Crippen molar-refractivity contribution in [1.82, 2.24) is 9.88 Å². The molecule has 0 bridgehead atoms. The second kappa shape index (κ2) is 6.39. The van der Waals surface area contributed by atoms with Gasteiger partial charge in [-0.05, 0) is 30.3 Å². The Kier molecular flexibility index (Phi) is 4.58. The van der Waals surface area contributed by atoms with Crippen LogP contribution in [0, 0.1) is 0 Å². The molecule has 0 spiro atoms. The minimum atomic E-state index is -0.0794. The Hall–Kier alpha value is -2.07. The molecule has 0 atom stereocenters. The Bertz CT molecular complexity index is 601. The van der Waals surface area contributed by atoms with E-state index in [0.717, 1.165) is 5.69 Å². The molecule has 1 aromatic carbocycles. The van der Waals surface area contributed by atoms with Crippen LogP contribution in [0.15, 0.2) is 42.6 Å². The van der Waals surface area contributed by atoms with E-state index in [4.69, 9.17) is 17.3 Å². The second-order valence-corrected chi connectivity index (χ2v) is 4.94. The molecule has 0 radical (unpaired) electrons. The van der Waals surface area contributed by atoms with Crippen LogP contribution in [0.1, 0.15) is 16.1 Å². The van der Waals surface area contributed by atoms with Crippen molar-refractivity contribution >= 4 is 23.2 Å². The normalized spacial score (nSPS) is 10.3. The van der Waals surface area contributed by atoms with Crippen LogP contribution in [-0.2, 0) is 6.42 Å². The Morgan fingerprint density at radius 2 is 2.15 bits per heavy atom. The van der Waals surface area contributed by atoms with Gasteiger partial charge in [-0.25, -0.2) is 0 Å². The number of hydrogen-bond donors (Lipinski definition) is 1. The number of carbonyl (C=O) groups excluding carboxylic acids is 1. The maximum Gasteiger partial charge on any atom is 0.253 e. The van der Waals surface area contributed by atoms with Gasteiger partial charge in [0.25, 0.3) is 5.91 Å². The number of nitrogens with two attached hydrogens (primary N) is 1. The van der Waals surface area contributed by atoms with Gasteiger partial charge < -0.3 is 10.6 Å². The van der Waals surface area contributed by atoms with Gasteiger partial charge in [-0.1, -0.05) is 17.7 Å². The number of benzene rings is 1. The van der Waals surface area contributed by atoms with Crippen LogP contribution in [0.25, 0.3) is 0 Å². The van der Waals surface area contributed by atoms with Crippen LogP contribution in [0.3, 0.4) is 0 Å². The summed E-state index contributed by atoms with van der Waals surface area (Å²) < 4.78 is 0. The first-order valence-corrected chi connectivity index (χ1v) is 6.66. The highest BCUT2D eigenvalue weighted by molar-refractivity contribution is 6.33. The van der Waals surface area contributed by atoms with Gasteiger partial charge in [0.15, 0.2) is 0 Å². The Balaban J connectivity index is 1.99. The third-order valence-corrected chi connectivity index (χ3v) is 3.36. The van der Waals surface area contributed by atoms with E-state index >= 15 is 0 Å². The van der Waals surface area contributed by atoms with Crippen LogP contribution in [-0.4, -0.2) is 29.4 Å². The van der Waals surface area contributed by atoms with Crippen LogP contribution in [0.2, 0.25) is 5.02 Å². The van der Waals surface area contributed by atoms with Crippen molar-refractivity contribution in [2.75, 3.05) is 19.3 Å². The van der Waals surface area contributed by atoms with Crippen molar-refractivity contribution in [1.29, 1.82) is 0 Å². The molecule has 2 N–H and O–H groups in total. The van der Waals surface area contributed by atoms with Gasteiger partial charge in [0, 0.05) is 37.5 Å². The molecule has 0 unspecified atom stereocenters. The highest BCUT2D eigenvalue weighted by atomic mass is 35.5. The molecular weight excluding hydrogens is 274 g/mol. The highest BCUT2D eigenvalue weighted by Crippen LogP contribution is 2.20. The number of amides is 1. The monoisotopic (exact) mass is 289 g/mol. The fourth-order valence-electron chi connectivity index (χ4n) is 1.83. The maximum atomic E-state index is 12.2. The minimum absolute atomic E-state index is 0.0794. The first-order chi connectivity index (χ1) is 9.58. The first-order valence-electron chi connectivity index (χ1n) is 6.28. The number of carbonyl (C=O) groups is 1. The largest absolute Gasteiger partial charge is 0.398 e. The van der Waals surface area contributed by atoms with E-state index in [9.17, 15) is 4.79 Å². The van der Waals surface area contributed by atoms with Crippen LogP contribution < -0.4 is 5.73 Å². The summed E-state index contributed by atoms with van der Waals surface area (Å²) in [5, 5.41) is 0.456. The number of pyridine rings is 1. The first kappa shape index (κ1) is 14.3. The predicted octanol–water partition coefficient (Wildman–Crippen LogP) is 2.63. The lowest BCUT2D eigenvalue weighted by molar-refractivity contribution is 0.0796. The lowest BCUT2D eigenvalue weighted by atomic mass is 10.1. The van der Waals surface area contributed by atoms with E-state index in [1.807, 2.05) is 18.2 Å². The summed E-state index contributed by atoms with van der Waals surface area (Å²) in [5.41, 5.74) is 7.62. The van der Waals surface area contributed by atoms with Gasteiger partial charge >= 0.3 is 0 Å². The molecule has 1 aromatic heterocycles. The third kappa shape index (κ3) is 3.48. The predicted molar refractivity (Wildman–Crippen MR) is 80.8 cm³/mol. The SMILES string of the molecule is CN(CCc1ccccn1)C(=O)c1ccc(Cl)c(N)c1. The summed E-state index contributed by atoms with van der Waals surface area (Å²) in [6.45, 7) is 0.596. The topological polar surface area (TPSA) is 59.2 Å². The molecule has 0 aliphatic rings. The lowest BCUT2D eigenvalue weighted by Crippen LogP contribution is -2.29. The van der Waals surface area contributed by atoms with Gasteiger partial charge in [-0.3, -0.25) is 9.78 Å². The average molecular weight is 290 g/mol. The van der Waals surface area contributed by atoms with Crippen LogP contribution >= 0.6 is 11.6 Å². The zero-order valence-corrected chi connectivity index (χ0v) is 12.0. The molecule has 1 heterocycles. The van der Waals surface area contributed by atoms with E-state index in [2.05, 4.69) is 4.98 Å². The van der Waals surface area contributed by atoms with Gasteiger partial charge in [0.05, 0.1) is 10.7 Å². The summed E-state index contributed by atoms with van der Waals surface area (Å²) in [4.78, 5) is 18.1. The van der Waals surface area contributed by atoms with Gasteiger partial charge in [0.1, 0.15) is 0 Å². The van der Waals surface area contributed by atoms with Crippen molar-refractivity contribution in [3.8, 4) is 0 Å². The number of nitrogens with zero attached hydrogens (tertiary/aromatic N) is 2. The maximum absolute atomic E-state index is 12.2. The Morgan fingerprint density at radius 3 is 2.80 bits per heavy atom. The lowest BCUT2D eigenvalue weighted by Gasteiger charge is -2.17. The molecule has 2 rings (SSSR count). The number of halogens is 1. The number of likely N-dealkylation sites (N-methyl/N-ethyl adjacent to an activating group) is 1. The van der Waals surface area contributed by atoms with Gasteiger partial charge in [0.2, 0.25) is 0 Å². The molecular formula is C15H16ClN3O. The molecule has 20 heavy (non-hydrogen) atoms. The number of rotatable bonds is 4. The van der Waals surface area contributed by atoms with Crippen molar-refractivity contribution in [2.45, 2.75) is 6.42 Å². The summed E-state index contributed by atoms with van der Waals surface area (Å²) >= 11 is 5.85. The zero-order chi connectivity index (χ0) is 14.5. The minimum Gasteiger partial charge on any atom is -0.398 e. The molecule has 0 fully saturated rings. The Labute approximate surface area is 123 Å². The number of hydrogen-bond acceptors (Lipinski definition) is 3. The van der Waals surface area contributed by atoms with E-state index in [0.29, 0.717) is 29.2 Å². The number of aromatic nitrogens is 1. The molecule has 104 valence electrons. The number of anilines is 1. The standard InChI is InChI=1S/C15H16ClN3O/c1-19(9-7-12-4-2-3-8-18-12)15(20)11-5-6-13(16)14(17)10-11/h2-6,8,10H,7,9,17H2,1H3. The average Bonchev–Trinajstić information content (AvgIpc) is 2.48. The Morgan fingerprint density at radius 1 is 1.35 bits per heavy atom. The van der Waals surface area contributed by atoms with Crippen molar-refractivity contribution in [3.05, 3.63) is 58.9 Å². The summed E-state index contributed by atoms with van der Waals surface area (Å²) in [6.07, 6.45) is 2.46. The summed E-state index contributed by atoms with van der Waals surface area (Å²) in [6, 6.07) is 10.7. The smallest absolute Gasteiger partial charge is 0.253 e. The fourth-order valence-corrected chi connectivity index (χ4v) is 1.94. The van der Waals surface area contributed by atoms with E-state index in [1.54, 1.807) is 36.3 Å². The summed E-state index contributed by atoms with van der Waals surface area (Å²) in [7, 11) is 1.76. The fraction of sp³-hybridized carbons (Fsp3) is 0.200. The van der Waals surface area contributed by atoms with Crippen LogP contribution in [0.4, 0.5) is 5.69 Å². The molecule has 1 amide bonds. The second-order valence-electron chi connectivity index (χ2n) is 4.53. The number of nitrogen functional groups attached to an aromatic ring is 1. The third-order valence-electron chi connectivity index (χ3n) is 3.02. The molecule has 0 saturated heterocycles. The van der Waals surface area contributed by atoms with E-state index in [1.165, 1.54) is 0 Å². The van der Waals surface area contributed by atoms with Crippen LogP contribution in [0.5, 0.6) is 0 Å². The summed E-state index contributed by atoms with van der Waals surface area (Å²) in [5.74, 6) is -0.0794. The molecule has 4 nitrogen and oxygen atoms in total. The molecule has 0 saturated carbocycles. The quantitative estimate of drug-likeness (QED) is 0.880. The van der Waals surface area contributed by atoms with Crippen molar-refractivity contribution in [3.63, 3.8) is 0 Å². The van der Waals surface area contributed by atoms with E-state index in [-0.39, 0.29) is 5.91 Å². The van der Waals surface area contributed by atoms with Gasteiger partial charge in [-0.2, -0.15) is 0 Å². The molecule has 0 aliphatic heterocycles. The van der Waals surface area contributed by atoms with Crippen molar-refractivity contribution < 1.29 is 4.79 Å².